The van der Waals surface area contributed by atoms with E-state index in [1.54, 1.807) is 0 Å². The molecule has 0 unspecified atom stereocenters. The van der Waals surface area contributed by atoms with Gasteiger partial charge in [0.15, 0.2) is 0 Å². The molecule has 4 bridgehead atoms. The molecule has 0 aromatic heterocycles. The second kappa shape index (κ2) is 42.5. The van der Waals surface area contributed by atoms with Crippen molar-refractivity contribution in [1.82, 2.24) is 0 Å². The molecule has 4 nitrogen and oxygen atoms in total. The van der Waals surface area contributed by atoms with E-state index in [-0.39, 0.29) is 0 Å². The van der Waals surface area contributed by atoms with Crippen molar-refractivity contribution in [1.29, 1.82) is 0 Å². The molecular formula is C92H92N4. The van der Waals surface area contributed by atoms with Gasteiger partial charge in [0, 0.05) is 142 Å². The van der Waals surface area contributed by atoms with E-state index in [1.807, 2.05) is 48.5 Å². The van der Waals surface area contributed by atoms with Crippen molar-refractivity contribution < 1.29 is 0 Å². The van der Waals surface area contributed by atoms with Crippen LogP contribution in [0, 0.1) is 142 Å². The molecule has 4 aliphatic rings. The van der Waals surface area contributed by atoms with Gasteiger partial charge in [0.25, 0.3) is 0 Å². The van der Waals surface area contributed by atoms with Crippen LogP contribution in [0.4, 0.5) is 22.7 Å². The summed E-state index contributed by atoms with van der Waals surface area (Å²) >= 11 is 0. The van der Waals surface area contributed by atoms with Gasteiger partial charge in [0.2, 0.25) is 0 Å². The molecule has 10 rings (SSSR count). The normalized spacial score (nSPS) is 10.7. The molecule has 6 aromatic rings. The zero-order chi connectivity index (χ0) is 67.6. The second-order valence-electron chi connectivity index (χ2n) is 23.9. The van der Waals surface area contributed by atoms with Gasteiger partial charge in [-0.2, -0.15) is 0 Å². The standard InChI is InChI=1S/C92H92N4/c1-9-17-65-93(66-18-10-2)89-61-57-81-53-49-77-41-43-78(44-42-77)50-54-82-58-62-91(95(69-21-13-5)70-22-14-6)75-87(82)39-35-31-27-28-32-36-40-88-76-92(96(71-23-15-7)72-24-16-8)64-60-84(88)56-52-80-47-45-79(46-48-80)51-55-83-59-63-90(94(67-19-11-3)68-20-12-4)74-86(83)38-34-30-26-25-29-33-37-85(81)73-89/h41-48,57-64,73-76H,9-24,65-72H2,1-8H3. The highest BCUT2D eigenvalue weighted by atomic mass is 15.1. The van der Waals surface area contributed by atoms with E-state index >= 15 is 0 Å². The Balaban J connectivity index is 1.34. The molecular weight excluding hydrogens is 1160 g/mol. The monoisotopic (exact) mass is 1250 g/mol. The maximum atomic E-state index is 3.45. The Morgan fingerprint density at radius 2 is 0.365 bits per heavy atom. The lowest BCUT2D eigenvalue weighted by Crippen LogP contribution is -2.25. The van der Waals surface area contributed by atoms with E-state index < -0.39 is 0 Å². The molecule has 0 aliphatic heterocycles. The highest BCUT2D eigenvalue weighted by Crippen LogP contribution is 2.26. The summed E-state index contributed by atoms with van der Waals surface area (Å²) in [5.41, 5.74) is 14.6. The average molecular weight is 1250 g/mol. The molecule has 4 aliphatic carbocycles. The summed E-state index contributed by atoms with van der Waals surface area (Å²) in [5, 5.41) is 0. The van der Waals surface area contributed by atoms with Gasteiger partial charge in [0.05, 0.1) is 0 Å². The molecule has 6 aromatic carbocycles. The van der Waals surface area contributed by atoms with Crippen LogP contribution in [0.25, 0.3) is 0 Å². The van der Waals surface area contributed by atoms with E-state index in [1.165, 1.54) is 0 Å². The SMILES string of the molecule is CCCCN(CCCC)c1ccc2c(c1)C#CC#CC#CC#Cc1cc(N(CCCC)CCCC)ccc1C#Cc1ccc(cc1)C#Cc1ccc(N(CCCC)CCCC)cc1C#CC#CC#CC#Cc1cc(N(CCCC)CCCC)ccc1C#Cc1ccc(cc1)C#C2. The fourth-order valence-corrected chi connectivity index (χ4v) is 10.5. The van der Waals surface area contributed by atoms with Crippen LogP contribution in [0.5, 0.6) is 0 Å². The molecule has 480 valence electrons. The van der Waals surface area contributed by atoms with Gasteiger partial charge in [-0.3, -0.25) is 0 Å². The Labute approximate surface area is 579 Å². The topological polar surface area (TPSA) is 13.0 Å². The molecule has 0 heterocycles. The van der Waals surface area contributed by atoms with Crippen LogP contribution in [0.2, 0.25) is 0 Å². The third-order valence-corrected chi connectivity index (χ3v) is 16.3. The highest BCUT2D eigenvalue weighted by Gasteiger charge is 2.13. The smallest absolute Gasteiger partial charge is 0.0432 e. The van der Waals surface area contributed by atoms with Crippen molar-refractivity contribution >= 4 is 22.7 Å². The zero-order valence-corrected chi connectivity index (χ0v) is 58.3. The van der Waals surface area contributed by atoms with E-state index in [4.69, 9.17) is 0 Å². The minimum Gasteiger partial charge on any atom is -0.372 e. The molecule has 0 N–H and O–H groups in total. The van der Waals surface area contributed by atoms with Crippen molar-refractivity contribution in [2.45, 2.75) is 158 Å². The van der Waals surface area contributed by atoms with Crippen LogP contribution in [-0.2, 0) is 0 Å². The number of rotatable bonds is 28. The summed E-state index contributed by atoms with van der Waals surface area (Å²) < 4.78 is 0. The van der Waals surface area contributed by atoms with Crippen LogP contribution in [0.3, 0.4) is 0 Å². The van der Waals surface area contributed by atoms with E-state index in [9.17, 15) is 0 Å². The van der Waals surface area contributed by atoms with E-state index in [0.29, 0.717) is 0 Å². The first-order chi connectivity index (χ1) is 47.3. The third-order valence-electron chi connectivity index (χ3n) is 16.3. The molecule has 0 saturated carbocycles. The van der Waals surface area contributed by atoms with Gasteiger partial charge in [-0.25, -0.2) is 0 Å². The molecule has 0 spiro atoms. The third kappa shape index (κ3) is 24.6. The Morgan fingerprint density at radius 1 is 0.188 bits per heavy atom. The number of nitrogens with zero attached hydrogens (tertiary/aromatic N) is 4. The molecule has 0 fully saturated rings. The zero-order valence-electron chi connectivity index (χ0n) is 58.3. The number of anilines is 4. The predicted molar refractivity (Wildman–Crippen MR) is 409 cm³/mol. The van der Waals surface area contributed by atoms with E-state index in [2.05, 4.69) is 290 Å². The van der Waals surface area contributed by atoms with Gasteiger partial charge in [-0.15, -0.1) is 0 Å². The maximum Gasteiger partial charge on any atom is 0.0432 e. The fraction of sp³-hybridized carbons (Fsp3) is 0.348. The highest BCUT2D eigenvalue weighted by molar-refractivity contribution is 5.67. The molecule has 0 saturated heterocycles. The predicted octanol–water partition coefficient (Wildman–Crippen LogP) is 18.0. The molecule has 4 heteroatoms. The quantitative estimate of drug-likeness (QED) is 0.0454. The van der Waals surface area contributed by atoms with Crippen molar-refractivity contribution in [3.8, 4) is 142 Å². The number of hydrogen-bond acceptors (Lipinski definition) is 4. The lowest BCUT2D eigenvalue weighted by atomic mass is 10.0. The molecule has 0 atom stereocenters. The maximum absolute atomic E-state index is 3.45. The average Bonchev–Trinajstić information content (AvgIpc) is 0.951. The van der Waals surface area contributed by atoms with Gasteiger partial charge in [-0.1, -0.05) is 178 Å². The van der Waals surface area contributed by atoms with Gasteiger partial charge in [0.1, 0.15) is 0 Å². The van der Waals surface area contributed by atoms with Crippen molar-refractivity contribution in [3.05, 3.63) is 188 Å². The number of hydrogen-bond donors (Lipinski definition) is 0. The van der Waals surface area contributed by atoms with E-state index in [0.717, 1.165) is 245 Å². The Hall–Kier alpha value is -10.8. The number of benzene rings is 6. The van der Waals surface area contributed by atoms with Gasteiger partial charge >= 0.3 is 0 Å². The lowest BCUT2D eigenvalue weighted by Gasteiger charge is -2.25. The second-order valence-corrected chi connectivity index (χ2v) is 23.9. The molecule has 0 radical (unpaired) electrons. The molecule has 96 heavy (non-hydrogen) atoms. The van der Waals surface area contributed by atoms with Crippen molar-refractivity contribution in [3.63, 3.8) is 0 Å². The summed E-state index contributed by atoms with van der Waals surface area (Å²) in [6, 6.07) is 41.8. The van der Waals surface area contributed by atoms with Crippen LogP contribution >= 0.6 is 0 Å². The summed E-state index contributed by atoms with van der Waals surface area (Å²) in [6.07, 6.45) is 17.8. The molecule has 0 amide bonds. The first-order valence-electron chi connectivity index (χ1n) is 35.2. The van der Waals surface area contributed by atoms with Gasteiger partial charge < -0.3 is 19.6 Å². The number of unbranched alkanes of at least 4 members (excludes halogenated alkanes) is 8. The first-order valence-corrected chi connectivity index (χ1v) is 35.2. The lowest BCUT2D eigenvalue weighted by molar-refractivity contribution is 0.678. The summed E-state index contributed by atoms with van der Waals surface area (Å²) in [5.74, 6) is 76.9. The van der Waals surface area contributed by atoms with Crippen LogP contribution in [0.1, 0.15) is 225 Å². The van der Waals surface area contributed by atoms with Crippen molar-refractivity contribution in [2.24, 2.45) is 0 Å². The Kier molecular flexibility index (Phi) is 32.1. The minimum atomic E-state index is 0.816. The minimum absolute atomic E-state index is 0.816. The Bertz CT molecular complexity index is 3790. The van der Waals surface area contributed by atoms with Crippen molar-refractivity contribution in [2.75, 3.05) is 72.0 Å². The largest absolute Gasteiger partial charge is 0.372 e. The Morgan fingerprint density at radius 3 is 0.542 bits per heavy atom. The fourth-order valence-electron chi connectivity index (χ4n) is 10.5. The van der Waals surface area contributed by atoms with Crippen LogP contribution in [0.15, 0.2) is 121 Å². The summed E-state index contributed by atoms with van der Waals surface area (Å²) in [6.45, 7) is 25.7. The van der Waals surface area contributed by atoms with Crippen LogP contribution < -0.4 is 19.6 Å². The van der Waals surface area contributed by atoms with Crippen LogP contribution in [-0.4, -0.2) is 52.4 Å². The first kappa shape index (κ1) is 72.7. The summed E-state index contributed by atoms with van der Waals surface area (Å²) in [4.78, 5) is 9.86. The summed E-state index contributed by atoms with van der Waals surface area (Å²) in [7, 11) is 0. The van der Waals surface area contributed by atoms with Gasteiger partial charge in [-0.05, 0) is 244 Å².